The average molecular weight is 601 g/mol. The van der Waals surface area contributed by atoms with Crippen LogP contribution in [0.5, 0.6) is 0 Å². The Balaban J connectivity index is 0.000000251. The standard InChI is InChI=1S/C19H24N8O.C7H6Cl2N2O2/c1-27-9-8-11-6-7-15(24-19(11)27)23-14-10-16(25-26-17(14)18(21)28)22-13-5-3-2-4-12(13)20;1-2-13-7(12)6-4(8)3-5(9)10-11-6/h6-10,12-13H,2-5,20H2,1H3,(H2,21,28)(H2,22,23,24,25);3H,2H2,1H3/t12-,13+;/m0./s1. The first-order valence-corrected chi connectivity index (χ1v) is 13.7. The van der Waals surface area contributed by atoms with E-state index in [4.69, 9.17) is 34.7 Å². The molecule has 0 bridgehead atoms. The molecule has 13 nitrogen and oxygen atoms in total. The van der Waals surface area contributed by atoms with E-state index in [1.807, 2.05) is 36.0 Å². The summed E-state index contributed by atoms with van der Waals surface area (Å²) in [4.78, 5) is 27.5. The Labute approximate surface area is 246 Å². The maximum absolute atomic E-state index is 11.8. The van der Waals surface area contributed by atoms with Crippen LogP contribution in [0, 0.1) is 0 Å². The normalized spacial score (nSPS) is 16.4. The number of anilines is 3. The van der Waals surface area contributed by atoms with Crippen LogP contribution in [0.1, 0.15) is 53.6 Å². The molecule has 0 radical (unpaired) electrons. The van der Waals surface area contributed by atoms with E-state index in [2.05, 4.69) is 40.7 Å². The molecule has 1 aliphatic rings. The first kappa shape index (κ1) is 29.9. The minimum absolute atomic E-state index is 0.0204. The number of esters is 1. The molecule has 4 aromatic heterocycles. The Bertz CT molecular complexity index is 1550. The highest BCUT2D eigenvalue weighted by atomic mass is 35.5. The average Bonchev–Trinajstić information content (AvgIpc) is 3.30. The second kappa shape index (κ2) is 13.5. The molecule has 1 saturated carbocycles. The molecule has 15 heteroatoms. The van der Waals surface area contributed by atoms with E-state index in [1.54, 1.807) is 13.0 Å². The van der Waals surface area contributed by atoms with Gasteiger partial charge in [-0.1, -0.05) is 36.0 Å². The second-order valence-electron chi connectivity index (χ2n) is 9.30. The summed E-state index contributed by atoms with van der Waals surface area (Å²) in [5.74, 6) is -0.118. The summed E-state index contributed by atoms with van der Waals surface area (Å²) < 4.78 is 6.61. The number of nitrogens with two attached hydrogens (primary N) is 2. The second-order valence-corrected chi connectivity index (χ2v) is 10.1. The lowest BCUT2D eigenvalue weighted by Crippen LogP contribution is -2.42. The van der Waals surface area contributed by atoms with Crippen LogP contribution in [-0.2, 0) is 11.8 Å². The fourth-order valence-corrected chi connectivity index (χ4v) is 4.72. The number of hydrogen-bond acceptors (Lipinski definition) is 11. The topological polar surface area (TPSA) is 189 Å². The highest BCUT2D eigenvalue weighted by molar-refractivity contribution is 6.35. The summed E-state index contributed by atoms with van der Waals surface area (Å²) in [6, 6.07) is 9.07. The van der Waals surface area contributed by atoms with Crippen LogP contribution in [-0.4, -0.2) is 60.5 Å². The lowest BCUT2D eigenvalue weighted by molar-refractivity contribution is 0.0518. The smallest absolute Gasteiger partial charge is 0.360 e. The Morgan fingerprint density at radius 1 is 1.05 bits per heavy atom. The van der Waals surface area contributed by atoms with Gasteiger partial charge in [0.1, 0.15) is 11.5 Å². The van der Waals surface area contributed by atoms with Crippen molar-refractivity contribution in [3.05, 3.63) is 58.1 Å². The van der Waals surface area contributed by atoms with E-state index in [0.29, 0.717) is 17.3 Å². The molecule has 0 saturated heterocycles. The Morgan fingerprint density at radius 3 is 2.51 bits per heavy atom. The number of nitrogens with one attached hydrogen (secondary N) is 2. The van der Waals surface area contributed by atoms with Crippen LogP contribution in [0.3, 0.4) is 0 Å². The molecule has 4 heterocycles. The van der Waals surface area contributed by atoms with Gasteiger partial charge >= 0.3 is 5.97 Å². The van der Waals surface area contributed by atoms with E-state index in [0.717, 1.165) is 36.7 Å². The van der Waals surface area contributed by atoms with Gasteiger partial charge in [0.15, 0.2) is 22.4 Å². The molecule has 41 heavy (non-hydrogen) atoms. The molecule has 1 aliphatic carbocycles. The van der Waals surface area contributed by atoms with Crippen LogP contribution < -0.4 is 22.1 Å². The van der Waals surface area contributed by atoms with Gasteiger partial charge in [-0.05, 0) is 44.0 Å². The minimum Gasteiger partial charge on any atom is -0.461 e. The van der Waals surface area contributed by atoms with Crippen LogP contribution in [0.4, 0.5) is 17.3 Å². The maximum Gasteiger partial charge on any atom is 0.360 e. The van der Waals surface area contributed by atoms with E-state index in [9.17, 15) is 9.59 Å². The number of carbonyl (C=O) groups is 2. The van der Waals surface area contributed by atoms with Crippen molar-refractivity contribution in [2.24, 2.45) is 18.5 Å². The molecule has 4 aromatic rings. The van der Waals surface area contributed by atoms with Crippen molar-refractivity contribution in [2.75, 3.05) is 17.2 Å². The molecule has 0 spiro atoms. The van der Waals surface area contributed by atoms with Gasteiger partial charge in [-0.2, -0.15) is 0 Å². The summed E-state index contributed by atoms with van der Waals surface area (Å²) in [7, 11) is 1.93. The van der Waals surface area contributed by atoms with E-state index in [1.165, 1.54) is 6.07 Å². The lowest BCUT2D eigenvalue weighted by atomic mass is 9.91. The van der Waals surface area contributed by atoms with Crippen LogP contribution in [0.15, 0.2) is 36.5 Å². The number of carbonyl (C=O) groups excluding carboxylic acids is 2. The van der Waals surface area contributed by atoms with Crippen molar-refractivity contribution in [1.29, 1.82) is 0 Å². The number of pyridine rings is 1. The van der Waals surface area contributed by atoms with Crippen molar-refractivity contribution in [1.82, 2.24) is 29.9 Å². The number of ether oxygens (including phenoxy) is 1. The molecular weight excluding hydrogens is 571 g/mol. The number of fused-ring (bicyclic) bond motifs is 1. The molecule has 0 aliphatic heterocycles. The number of aryl methyl sites for hydroxylation is 1. The van der Waals surface area contributed by atoms with Crippen molar-refractivity contribution in [3.8, 4) is 0 Å². The quantitative estimate of drug-likeness (QED) is 0.225. The fraction of sp³-hybridized carbons (Fsp3) is 0.346. The Kier molecular flexibility index (Phi) is 9.86. The van der Waals surface area contributed by atoms with Crippen LogP contribution in [0.25, 0.3) is 11.0 Å². The SMILES string of the molecule is CCOC(=O)c1nnc(Cl)cc1Cl.Cn1ccc2ccc(Nc3cc(N[C@@H]4CCCC[C@@H]4N)nnc3C(N)=O)nc21. The largest absolute Gasteiger partial charge is 0.461 e. The third kappa shape index (κ3) is 7.57. The highest BCUT2D eigenvalue weighted by Crippen LogP contribution is 2.25. The summed E-state index contributed by atoms with van der Waals surface area (Å²) in [5, 5.41) is 22.9. The molecule has 2 atom stereocenters. The van der Waals surface area contributed by atoms with E-state index < -0.39 is 11.9 Å². The molecule has 0 unspecified atom stereocenters. The van der Waals surface area contributed by atoms with Gasteiger partial charge in [-0.3, -0.25) is 4.79 Å². The minimum atomic E-state index is -0.657. The Morgan fingerprint density at radius 2 is 1.80 bits per heavy atom. The zero-order valence-electron chi connectivity index (χ0n) is 22.5. The molecule has 216 valence electrons. The molecule has 1 fully saturated rings. The van der Waals surface area contributed by atoms with E-state index >= 15 is 0 Å². The van der Waals surface area contributed by atoms with Gasteiger partial charge < -0.3 is 31.4 Å². The van der Waals surface area contributed by atoms with Crippen molar-refractivity contribution in [2.45, 2.75) is 44.7 Å². The molecule has 6 N–H and O–H groups in total. The zero-order chi connectivity index (χ0) is 29.5. The Hall–Kier alpha value is -4.07. The molecule has 1 amide bonds. The summed E-state index contributed by atoms with van der Waals surface area (Å²) in [5.41, 5.74) is 13.0. The summed E-state index contributed by atoms with van der Waals surface area (Å²) in [6.45, 7) is 1.95. The van der Waals surface area contributed by atoms with Crippen molar-refractivity contribution in [3.63, 3.8) is 0 Å². The van der Waals surface area contributed by atoms with Crippen LogP contribution >= 0.6 is 23.2 Å². The number of aromatic nitrogens is 6. The van der Waals surface area contributed by atoms with E-state index in [-0.39, 0.29) is 40.3 Å². The van der Waals surface area contributed by atoms with Gasteiger partial charge in [0, 0.05) is 36.8 Å². The number of primary amides is 1. The third-order valence-corrected chi connectivity index (χ3v) is 6.82. The van der Waals surface area contributed by atoms with Gasteiger partial charge in [-0.15, -0.1) is 20.4 Å². The summed E-state index contributed by atoms with van der Waals surface area (Å²) >= 11 is 11.2. The number of hydrogen-bond donors (Lipinski definition) is 4. The predicted octanol–water partition coefficient (Wildman–Crippen LogP) is 3.85. The molecular formula is C26H30Cl2N10O3. The third-order valence-electron chi connectivity index (χ3n) is 6.35. The van der Waals surface area contributed by atoms with Gasteiger partial charge in [-0.25, -0.2) is 9.78 Å². The predicted molar refractivity (Wildman–Crippen MR) is 156 cm³/mol. The van der Waals surface area contributed by atoms with Gasteiger partial charge in [0.2, 0.25) is 0 Å². The molecule has 0 aromatic carbocycles. The van der Waals surface area contributed by atoms with Gasteiger partial charge in [0.05, 0.1) is 17.3 Å². The summed E-state index contributed by atoms with van der Waals surface area (Å²) in [6.07, 6.45) is 6.18. The van der Waals surface area contributed by atoms with Crippen molar-refractivity contribution >= 4 is 63.4 Å². The number of rotatable bonds is 7. The zero-order valence-corrected chi connectivity index (χ0v) is 24.0. The number of halogens is 2. The first-order valence-electron chi connectivity index (χ1n) is 12.9. The molecule has 5 rings (SSSR count). The maximum atomic E-state index is 11.8. The highest BCUT2D eigenvalue weighted by Gasteiger charge is 2.23. The monoisotopic (exact) mass is 600 g/mol. The lowest BCUT2D eigenvalue weighted by Gasteiger charge is -2.29. The number of nitrogens with zero attached hydrogens (tertiary/aromatic N) is 6. The fourth-order valence-electron chi connectivity index (χ4n) is 4.30. The van der Waals surface area contributed by atoms with Crippen molar-refractivity contribution < 1.29 is 14.3 Å². The number of amides is 1. The van der Waals surface area contributed by atoms with Crippen LogP contribution in [0.2, 0.25) is 10.2 Å². The van der Waals surface area contributed by atoms with Gasteiger partial charge in [0.25, 0.3) is 5.91 Å². The first-order chi connectivity index (χ1) is 19.7.